The Kier molecular flexibility index (Phi) is 4.62. The largest absolute Gasteiger partial charge is 0.0989 e. The van der Waals surface area contributed by atoms with Crippen molar-refractivity contribution in [1.82, 2.24) is 0 Å². The first-order chi connectivity index (χ1) is 11.2. The molecule has 0 aliphatic carbocycles. The van der Waals surface area contributed by atoms with Crippen LogP contribution in [0.4, 0.5) is 0 Å². The van der Waals surface area contributed by atoms with Gasteiger partial charge in [-0.2, -0.15) is 0 Å². The lowest BCUT2D eigenvalue weighted by atomic mass is 9.88. The SMILES string of the molecule is C=C(Cc1ccccc1)[C@@H](C)c1ccc2cc(CC)ccc2c1. The molecule has 0 heteroatoms. The molecule has 0 nitrogen and oxygen atoms in total. The highest BCUT2D eigenvalue weighted by Crippen LogP contribution is 2.28. The summed E-state index contributed by atoms with van der Waals surface area (Å²) in [4.78, 5) is 0. The second kappa shape index (κ2) is 6.83. The van der Waals surface area contributed by atoms with E-state index >= 15 is 0 Å². The Hall–Kier alpha value is -2.34. The maximum atomic E-state index is 4.33. The Morgan fingerprint density at radius 3 is 2.30 bits per heavy atom. The van der Waals surface area contributed by atoms with E-state index < -0.39 is 0 Å². The third kappa shape index (κ3) is 3.53. The number of benzene rings is 3. The van der Waals surface area contributed by atoms with Crippen LogP contribution in [0.3, 0.4) is 0 Å². The van der Waals surface area contributed by atoms with Crippen molar-refractivity contribution in [3.8, 4) is 0 Å². The van der Waals surface area contributed by atoms with Crippen LogP contribution in [0.15, 0.2) is 78.9 Å². The van der Waals surface area contributed by atoms with Gasteiger partial charge in [-0.1, -0.05) is 92.7 Å². The van der Waals surface area contributed by atoms with Crippen LogP contribution in [-0.4, -0.2) is 0 Å². The average molecular weight is 300 g/mol. The van der Waals surface area contributed by atoms with Gasteiger partial charge in [-0.05, 0) is 40.3 Å². The van der Waals surface area contributed by atoms with E-state index in [1.165, 1.54) is 33.0 Å². The van der Waals surface area contributed by atoms with Gasteiger partial charge < -0.3 is 0 Å². The van der Waals surface area contributed by atoms with Crippen molar-refractivity contribution >= 4 is 10.8 Å². The zero-order valence-corrected chi connectivity index (χ0v) is 14.0. The summed E-state index contributed by atoms with van der Waals surface area (Å²) in [6, 6.07) is 24.2. The molecule has 0 aliphatic rings. The fourth-order valence-electron chi connectivity index (χ4n) is 3.05. The van der Waals surface area contributed by atoms with Gasteiger partial charge in [0.1, 0.15) is 0 Å². The van der Waals surface area contributed by atoms with Crippen LogP contribution in [0.25, 0.3) is 10.8 Å². The molecule has 0 spiro atoms. The zero-order valence-electron chi connectivity index (χ0n) is 14.0. The molecule has 0 saturated heterocycles. The number of aryl methyl sites for hydroxylation is 1. The monoisotopic (exact) mass is 300 g/mol. The van der Waals surface area contributed by atoms with E-state index in [4.69, 9.17) is 0 Å². The molecule has 3 aromatic carbocycles. The molecule has 0 heterocycles. The summed E-state index contributed by atoms with van der Waals surface area (Å²) in [5.74, 6) is 0.366. The summed E-state index contributed by atoms with van der Waals surface area (Å²) < 4.78 is 0. The van der Waals surface area contributed by atoms with Gasteiger partial charge in [0.25, 0.3) is 0 Å². The van der Waals surface area contributed by atoms with Gasteiger partial charge in [0, 0.05) is 5.92 Å². The van der Waals surface area contributed by atoms with Crippen LogP contribution in [0.5, 0.6) is 0 Å². The van der Waals surface area contributed by atoms with Crippen molar-refractivity contribution in [2.24, 2.45) is 0 Å². The quantitative estimate of drug-likeness (QED) is 0.485. The predicted molar refractivity (Wildman–Crippen MR) is 101 cm³/mol. The van der Waals surface area contributed by atoms with Crippen molar-refractivity contribution in [1.29, 1.82) is 0 Å². The van der Waals surface area contributed by atoms with Crippen LogP contribution in [0.2, 0.25) is 0 Å². The molecule has 0 N–H and O–H groups in total. The molecule has 116 valence electrons. The smallest absolute Gasteiger partial charge is 0.00206 e. The van der Waals surface area contributed by atoms with Gasteiger partial charge in [-0.15, -0.1) is 0 Å². The average Bonchev–Trinajstić information content (AvgIpc) is 2.61. The van der Waals surface area contributed by atoms with Crippen LogP contribution in [-0.2, 0) is 12.8 Å². The van der Waals surface area contributed by atoms with Crippen LogP contribution in [0, 0.1) is 0 Å². The molecule has 23 heavy (non-hydrogen) atoms. The molecule has 3 rings (SSSR count). The number of hydrogen-bond acceptors (Lipinski definition) is 0. The van der Waals surface area contributed by atoms with E-state index in [0.717, 1.165) is 12.8 Å². The highest BCUT2D eigenvalue weighted by atomic mass is 14.2. The lowest BCUT2D eigenvalue weighted by Gasteiger charge is -2.16. The highest BCUT2D eigenvalue weighted by Gasteiger charge is 2.11. The predicted octanol–water partition coefficient (Wildman–Crippen LogP) is 6.30. The van der Waals surface area contributed by atoms with Crippen LogP contribution in [0.1, 0.15) is 36.5 Å². The molecule has 0 aromatic heterocycles. The van der Waals surface area contributed by atoms with Gasteiger partial charge in [-0.25, -0.2) is 0 Å². The number of allylic oxidation sites excluding steroid dienone is 1. The number of hydrogen-bond donors (Lipinski definition) is 0. The number of fused-ring (bicyclic) bond motifs is 1. The summed E-state index contributed by atoms with van der Waals surface area (Å²) in [6.45, 7) is 8.79. The summed E-state index contributed by atoms with van der Waals surface area (Å²) in [5, 5.41) is 2.65. The van der Waals surface area contributed by atoms with Gasteiger partial charge in [-0.3, -0.25) is 0 Å². The second-order valence-corrected chi connectivity index (χ2v) is 6.34. The molecule has 0 bridgehead atoms. The third-order valence-electron chi connectivity index (χ3n) is 4.72. The molecule has 0 amide bonds. The van der Waals surface area contributed by atoms with Gasteiger partial charge >= 0.3 is 0 Å². The Labute approximate surface area is 139 Å². The van der Waals surface area contributed by atoms with Crippen molar-refractivity contribution in [3.05, 3.63) is 95.6 Å². The van der Waals surface area contributed by atoms with E-state index in [2.05, 4.69) is 87.2 Å². The van der Waals surface area contributed by atoms with E-state index in [1.807, 2.05) is 0 Å². The molecule has 0 aliphatic heterocycles. The minimum atomic E-state index is 0.366. The fourth-order valence-corrected chi connectivity index (χ4v) is 3.05. The first-order valence-electron chi connectivity index (χ1n) is 8.41. The summed E-state index contributed by atoms with van der Waals surface area (Å²) in [6.07, 6.45) is 2.02. The van der Waals surface area contributed by atoms with E-state index in [1.54, 1.807) is 0 Å². The Morgan fingerprint density at radius 2 is 1.57 bits per heavy atom. The standard InChI is InChI=1S/C23H24/c1-4-19-10-11-23-16-21(12-13-22(23)15-19)18(3)17(2)14-20-8-6-5-7-9-20/h5-13,15-16,18H,2,4,14H2,1,3H3/t18-/m1/s1. The topological polar surface area (TPSA) is 0 Å². The van der Waals surface area contributed by atoms with Gasteiger partial charge in [0.15, 0.2) is 0 Å². The first kappa shape index (κ1) is 15.6. The molecule has 0 saturated carbocycles. The fraction of sp³-hybridized carbons (Fsp3) is 0.217. The maximum absolute atomic E-state index is 4.33. The molecule has 3 aromatic rings. The Bertz CT molecular complexity index is 812. The summed E-state index contributed by atoms with van der Waals surface area (Å²) in [7, 11) is 0. The third-order valence-corrected chi connectivity index (χ3v) is 4.72. The van der Waals surface area contributed by atoms with Crippen molar-refractivity contribution < 1.29 is 0 Å². The molecule has 1 atom stereocenters. The van der Waals surface area contributed by atoms with Gasteiger partial charge in [0.2, 0.25) is 0 Å². The zero-order chi connectivity index (χ0) is 16.2. The van der Waals surface area contributed by atoms with Crippen LogP contribution < -0.4 is 0 Å². The summed E-state index contributed by atoms with van der Waals surface area (Å²) >= 11 is 0. The van der Waals surface area contributed by atoms with E-state index in [9.17, 15) is 0 Å². The Balaban J connectivity index is 1.82. The lowest BCUT2D eigenvalue weighted by Crippen LogP contribution is -2.00. The van der Waals surface area contributed by atoms with E-state index in [-0.39, 0.29) is 0 Å². The number of rotatable bonds is 5. The van der Waals surface area contributed by atoms with Crippen molar-refractivity contribution in [2.45, 2.75) is 32.6 Å². The van der Waals surface area contributed by atoms with E-state index in [0.29, 0.717) is 5.92 Å². The maximum Gasteiger partial charge on any atom is 0.00206 e. The molecule has 0 radical (unpaired) electrons. The lowest BCUT2D eigenvalue weighted by molar-refractivity contribution is 0.858. The van der Waals surface area contributed by atoms with Crippen molar-refractivity contribution in [2.75, 3.05) is 0 Å². The minimum absolute atomic E-state index is 0.366. The summed E-state index contributed by atoms with van der Waals surface area (Å²) in [5.41, 5.74) is 5.34. The molecular weight excluding hydrogens is 276 g/mol. The molecule has 0 unspecified atom stereocenters. The normalized spacial score (nSPS) is 12.3. The molecular formula is C23H24. The minimum Gasteiger partial charge on any atom is -0.0989 e. The second-order valence-electron chi connectivity index (χ2n) is 6.34. The highest BCUT2D eigenvalue weighted by molar-refractivity contribution is 5.84. The Morgan fingerprint density at radius 1 is 0.870 bits per heavy atom. The van der Waals surface area contributed by atoms with Crippen LogP contribution >= 0.6 is 0 Å². The molecule has 0 fully saturated rings. The first-order valence-corrected chi connectivity index (χ1v) is 8.41. The van der Waals surface area contributed by atoms with Gasteiger partial charge in [0.05, 0.1) is 0 Å². The van der Waals surface area contributed by atoms with Crippen molar-refractivity contribution in [3.63, 3.8) is 0 Å².